The van der Waals surface area contributed by atoms with E-state index in [2.05, 4.69) is 15.4 Å². The number of halogens is 1. The van der Waals surface area contributed by atoms with Gasteiger partial charge in [-0.3, -0.25) is 4.79 Å². The number of carbonyl (C=O) groups excluding carboxylic acids is 2. The lowest BCUT2D eigenvalue weighted by Gasteiger charge is -2.14. The van der Waals surface area contributed by atoms with Crippen LogP contribution in [0.4, 0.5) is 5.69 Å². The SMILES string of the molecule is COc1ccc(Cl)cc1NC(=O)C(C)OC(=O)c1nc(-c2ccccc2)n(-c2ccccc2)n1. The van der Waals surface area contributed by atoms with Crippen molar-refractivity contribution in [2.24, 2.45) is 0 Å². The summed E-state index contributed by atoms with van der Waals surface area (Å²) in [5, 5.41) is 7.43. The van der Waals surface area contributed by atoms with Crippen LogP contribution in [-0.4, -0.2) is 39.9 Å². The first kappa shape index (κ1) is 23.0. The van der Waals surface area contributed by atoms with Crippen LogP contribution in [0.15, 0.2) is 78.9 Å². The molecule has 1 aromatic heterocycles. The maximum absolute atomic E-state index is 12.8. The minimum absolute atomic E-state index is 0.164. The smallest absolute Gasteiger partial charge is 0.379 e. The van der Waals surface area contributed by atoms with Crippen LogP contribution in [0.5, 0.6) is 5.75 Å². The molecule has 8 nitrogen and oxygen atoms in total. The summed E-state index contributed by atoms with van der Waals surface area (Å²) in [5.74, 6) is -0.651. The van der Waals surface area contributed by atoms with Gasteiger partial charge >= 0.3 is 5.97 Å². The van der Waals surface area contributed by atoms with E-state index < -0.39 is 18.0 Å². The van der Waals surface area contributed by atoms with E-state index in [9.17, 15) is 9.59 Å². The van der Waals surface area contributed by atoms with Gasteiger partial charge in [-0.2, -0.15) is 0 Å². The van der Waals surface area contributed by atoms with Crippen LogP contribution in [-0.2, 0) is 9.53 Å². The average molecular weight is 477 g/mol. The van der Waals surface area contributed by atoms with Crippen molar-refractivity contribution in [1.29, 1.82) is 0 Å². The van der Waals surface area contributed by atoms with Gasteiger partial charge in [-0.25, -0.2) is 14.5 Å². The maximum atomic E-state index is 12.8. The Bertz CT molecular complexity index is 1250. The van der Waals surface area contributed by atoms with Gasteiger partial charge in [0.25, 0.3) is 11.7 Å². The van der Waals surface area contributed by atoms with Crippen molar-refractivity contribution in [2.45, 2.75) is 13.0 Å². The van der Waals surface area contributed by atoms with Gasteiger partial charge in [-0.15, -0.1) is 5.10 Å². The van der Waals surface area contributed by atoms with Crippen molar-refractivity contribution < 1.29 is 19.1 Å². The maximum Gasteiger partial charge on any atom is 0.379 e. The molecule has 1 unspecified atom stereocenters. The number of nitrogens with one attached hydrogen (secondary N) is 1. The number of ether oxygens (including phenoxy) is 2. The molecule has 0 radical (unpaired) electrons. The number of anilines is 1. The Kier molecular flexibility index (Phi) is 6.89. The summed E-state index contributed by atoms with van der Waals surface area (Å²) in [6.07, 6.45) is -1.12. The predicted octanol–water partition coefficient (Wildman–Crippen LogP) is 4.78. The molecule has 0 spiro atoms. The molecule has 9 heteroatoms. The van der Waals surface area contributed by atoms with Crippen molar-refractivity contribution in [3.05, 3.63) is 89.7 Å². The van der Waals surface area contributed by atoms with Gasteiger partial charge in [0.2, 0.25) is 0 Å². The fourth-order valence-electron chi connectivity index (χ4n) is 3.20. The minimum atomic E-state index is -1.12. The number of para-hydroxylation sites is 1. The second kappa shape index (κ2) is 10.2. The number of hydrogen-bond donors (Lipinski definition) is 1. The average Bonchev–Trinajstić information content (AvgIpc) is 3.31. The highest BCUT2D eigenvalue weighted by atomic mass is 35.5. The second-order valence-electron chi connectivity index (χ2n) is 7.25. The summed E-state index contributed by atoms with van der Waals surface area (Å²) in [4.78, 5) is 29.9. The topological polar surface area (TPSA) is 95.3 Å². The Morgan fingerprint density at radius 2 is 1.68 bits per heavy atom. The van der Waals surface area contributed by atoms with Gasteiger partial charge in [-0.1, -0.05) is 60.1 Å². The first-order chi connectivity index (χ1) is 16.5. The van der Waals surface area contributed by atoms with Crippen LogP contribution >= 0.6 is 11.6 Å². The zero-order chi connectivity index (χ0) is 24.1. The predicted molar refractivity (Wildman–Crippen MR) is 128 cm³/mol. The van der Waals surface area contributed by atoms with Crippen LogP contribution < -0.4 is 10.1 Å². The van der Waals surface area contributed by atoms with Gasteiger partial charge in [0, 0.05) is 10.6 Å². The number of methoxy groups -OCH3 is 1. The van der Waals surface area contributed by atoms with E-state index in [0.29, 0.717) is 22.3 Å². The molecule has 0 aliphatic heterocycles. The fraction of sp³-hybridized carbons (Fsp3) is 0.120. The molecular formula is C25H21ClN4O4. The van der Waals surface area contributed by atoms with Crippen LogP contribution in [0, 0.1) is 0 Å². The summed E-state index contributed by atoms with van der Waals surface area (Å²) >= 11 is 6.01. The zero-order valence-corrected chi connectivity index (χ0v) is 19.2. The lowest BCUT2D eigenvalue weighted by atomic mass is 10.2. The summed E-state index contributed by atoms with van der Waals surface area (Å²) in [5.41, 5.74) is 1.87. The lowest BCUT2D eigenvalue weighted by molar-refractivity contribution is -0.123. The Morgan fingerprint density at radius 1 is 1.00 bits per heavy atom. The third-order valence-corrected chi connectivity index (χ3v) is 5.13. The number of hydrogen-bond acceptors (Lipinski definition) is 6. The zero-order valence-electron chi connectivity index (χ0n) is 18.4. The normalized spacial score (nSPS) is 11.5. The summed E-state index contributed by atoms with van der Waals surface area (Å²) in [6.45, 7) is 1.45. The molecule has 0 aliphatic carbocycles. The highest BCUT2D eigenvalue weighted by Gasteiger charge is 2.25. The Morgan fingerprint density at radius 3 is 2.35 bits per heavy atom. The van der Waals surface area contributed by atoms with E-state index in [4.69, 9.17) is 21.1 Å². The molecule has 34 heavy (non-hydrogen) atoms. The third kappa shape index (κ3) is 5.07. The van der Waals surface area contributed by atoms with E-state index in [1.165, 1.54) is 14.0 Å². The molecule has 3 aromatic carbocycles. The van der Waals surface area contributed by atoms with E-state index in [-0.39, 0.29) is 5.82 Å². The number of esters is 1. The number of nitrogens with zero attached hydrogens (tertiary/aromatic N) is 3. The number of rotatable bonds is 7. The van der Waals surface area contributed by atoms with Crippen molar-refractivity contribution in [3.8, 4) is 22.8 Å². The van der Waals surface area contributed by atoms with Gasteiger partial charge in [0.15, 0.2) is 11.9 Å². The molecule has 1 amide bonds. The molecular weight excluding hydrogens is 456 g/mol. The number of aromatic nitrogens is 3. The quantitative estimate of drug-likeness (QED) is 0.386. The molecule has 0 saturated carbocycles. The molecule has 0 saturated heterocycles. The van der Waals surface area contributed by atoms with Crippen LogP contribution in [0.3, 0.4) is 0 Å². The molecule has 0 fully saturated rings. The first-order valence-electron chi connectivity index (χ1n) is 10.4. The Hall–Kier alpha value is -4.17. The molecule has 4 rings (SSSR count). The Balaban J connectivity index is 1.56. The molecule has 4 aromatic rings. The van der Waals surface area contributed by atoms with Crippen LogP contribution in [0.2, 0.25) is 5.02 Å². The summed E-state index contributed by atoms with van der Waals surface area (Å²) in [6, 6.07) is 23.5. The third-order valence-electron chi connectivity index (χ3n) is 4.89. The number of benzene rings is 3. The van der Waals surface area contributed by atoms with Gasteiger partial charge in [0.05, 0.1) is 18.5 Å². The van der Waals surface area contributed by atoms with Gasteiger partial charge < -0.3 is 14.8 Å². The van der Waals surface area contributed by atoms with Gasteiger partial charge in [-0.05, 0) is 37.3 Å². The monoisotopic (exact) mass is 476 g/mol. The second-order valence-corrected chi connectivity index (χ2v) is 7.69. The molecule has 1 N–H and O–H groups in total. The van der Waals surface area contributed by atoms with Crippen molar-refractivity contribution in [2.75, 3.05) is 12.4 Å². The van der Waals surface area contributed by atoms with Crippen molar-refractivity contribution >= 4 is 29.2 Å². The van der Waals surface area contributed by atoms with E-state index >= 15 is 0 Å². The van der Waals surface area contributed by atoms with Crippen molar-refractivity contribution in [1.82, 2.24) is 14.8 Å². The summed E-state index contributed by atoms with van der Waals surface area (Å²) < 4.78 is 12.1. The van der Waals surface area contributed by atoms with Crippen molar-refractivity contribution in [3.63, 3.8) is 0 Å². The minimum Gasteiger partial charge on any atom is -0.495 e. The molecule has 172 valence electrons. The lowest BCUT2D eigenvalue weighted by Crippen LogP contribution is -2.30. The molecule has 1 heterocycles. The van der Waals surface area contributed by atoms with E-state index in [0.717, 1.165) is 11.3 Å². The fourth-order valence-corrected chi connectivity index (χ4v) is 3.37. The van der Waals surface area contributed by atoms with E-state index in [1.54, 1.807) is 22.9 Å². The van der Waals surface area contributed by atoms with E-state index in [1.807, 2.05) is 60.7 Å². The van der Waals surface area contributed by atoms with Crippen LogP contribution in [0.1, 0.15) is 17.5 Å². The molecule has 1 atom stereocenters. The summed E-state index contributed by atoms with van der Waals surface area (Å²) in [7, 11) is 1.47. The van der Waals surface area contributed by atoms with Gasteiger partial charge in [0.1, 0.15) is 5.75 Å². The molecule has 0 aliphatic rings. The Labute approximate surface area is 201 Å². The highest BCUT2D eigenvalue weighted by Crippen LogP contribution is 2.28. The van der Waals surface area contributed by atoms with Crippen LogP contribution in [0.25, 0.3) is 17.1 Å². The number of amides is 1. The highest BCUT2D eigenvalue weighted by molar-refractivity contribution is 6.31. The first-order valence-corrected chi connectivity index (χ1v) is 10.8. The molecule has 0 bridgehead atoms. The standard InChI is InChI=1S/C25H21ClN4O4/c1-16(24(31)27-20-15-18(26)13-14-21(20)33-2)34-25(32)22-28-23(17-9-5-3-6-10-17)30(29-22)19-11-7-4-8-12-19/h3-16H,1-2H3,(H,27,31). The number of carbonyl (C=O) groups is 2. The largest absolute Gasteiger partial charge is 0.495 e.